The molecule has 0 aliphatic heterocycles. The van der Waals surface area contributed by atoms with Gasteiger partial charge in [-0.3, -0.25) is 0 Å². The highest BCUT2D eigenvalue weighted by Gasteiger charge is 2.12. The van der Waals surface area contributed by atoms with Crippen LogP contribution in [0, 0.1) is 0 Å². The smallest absolute Gasteiger partial charge is 0.409 e. The number of carbonyl (C=O) groups is 1. The highest BCUT2D eigenvalue weighted by atomic mass is 16.5. The third-order valence-electron chi connectivity index (χ3n) is 3.49. The van der Waals surface area contributed by atoms with Crippen molar-refractivity contribution in [3.63, 3.8) is 0 Å². The molecule has 1 amide bonds. The summed E-state index contributed by atoms with van der Waals surface area (Å²) in [5.41, 5.74) is 3.95. The van der Waals surface area contributed by atoms with E-state index >= 15 is 0 Å². The number of aliphatic hydroxyl groups excluding tert-OH is 1. The summed E-state index contributed by atoms with van der Waals surface area (Å²) in [6.45, 7) is 12.3. The lowest BCUT2D eigenvalue weighted by Gasteiger charge is -2.17. The SMILES string of the molecule is C=C(C/C=C(\C)CCC=C(C)C)/C(O)=C(\C)CN(C)C(=O)OC. The molecular formula is C19H31NO3. The maximum Gasteiger partial charge on any atom is 0.409 e. The Labute approximate surface area is 140 Å². The monoisotopic (exact) mass is 321 g/mol. The predicted octanol–water partition coefficient (Wildman–Crippen LogP) is 5.16. The maximum atomic E-state index is 11.4. The zero-order valence-corrected chi connectivity index (χ0v) is 15.4. The van der Waals surface area contributed by atoms with Crippen LogP contribution in [0.2, 0.25) is 0 Å². The van der Waals surface area contributed by atoms with Crippen LogP contribution >= 0.6 is 0 Å². The number of ether oxygens (including phenoxy) is 1. The van der Waals surface area contributed by atoms with Crippen molar-refractivity contribution in [2.24, 2.45) is 0 Å². The van der Waals surface area contributed by atoms with Crippen LogP contribution in [0.4, 0.5) is 4.79 Å². The summed E-state index contributed by atoms with van der Waals surface area (Å²) < 4.78 is 4.63. The lowest BCUT2D eigenvalue weighted by molar-refractivity contribution is 0.136. The van der Waals surface area contributed by atoms with E-state index in [1.54, 1.807) is 14.0 Å². The molecule has 4 nitrogen and oxygen atoms in total. The highest BCUT2D eigenvalue weighted by Crippen LogP contribution is 2.17. The Morgan fingerprint density at radius 2 is 1.83 bits per heavy atom. The van der Waals surface area contributed by atoms with Gasteiger partial charge in [0.15, 0.2) is 0 Å². The van der Waals surface area contributed by atoms with Crippen LogP contribution in [0.1, 0.15) is 47.0 Å². The number of amides is 1. The van der Waals surface area contributed by atoms with Gasteiger partial charge in [0.05, 0.1) is 7.11 Å². The van der Waals surface area contributed by atoms with Crippen molar-refractivity contribution in [1.29, 1.82) is 0 Å². The van der Waals surface area contributed by atoms with E-state index in [-0.39, 0.29) is 5.76 Å². The Balaban J connectivity index is 4.61. The van der Waals surface area contributed by atoms with E-state index in [0.29, 0.717) is 24.1 Å². The number of hydrogen-bond acceptors (Lipinski definition) is 3. The largest absolute Gasteiger partial charge is 0.508 e. The molecular weight excluding hydrogens is 290 g/mol. The molecule has 4 heteroatoms. The normalized spacial score (nSPS) is 12.3. The molecule has 0 atom stereocenters. The van der Waals surface area contributed by atoms with Crippen LogP contribution in [0.25, 0.3) is 0 Å². The summed E-state index contributed by atoms with van der Waals surface area (Å²) in [7, 11) is 2.96. The molecule has 0 fully saturated rings. The molecule has 0 saturated heterocycles. The predicted molar refractivity (Wildman–Crippen MR) is 96.5 cm³/mol. The van der Waals surface area contributed by atoms with Gasteiger partial charge in [-0.2, -0.15) is 0 Å². The van der Waals surface area contributed by atoms with Crippen molar-refractivity contribution >= 4 is 6.09 Å². The maximum absolute atomic E-state index is 11.4. The number of rotatable bonds is 8. The Kier molecular flexibility index (Phi) is 9.79. The average molecular weight is 321 g/mol. The van der Waals surface area contributed by atoms with E-state index in [9.17, 15) is 9.90 Å². The first-order chi connectivity index (χ1) is 10.7. The van der Waals surface area contributed by atoms with Gasteiger partial charge < -0.3 is 14.7 Å². The number of likely N-dealkylation sites (N-methyl/N-ethyl adjacent to an activating group) is 1. The van der Waals surface area contributed by atoms with Gasteiger partial charge in [0, 0.05) is 13.6 Å². The lowest BCUT2D eigenvalue weighted by Crippen LogP contribution is -2.28. The Morgan fingerprint density at radius 1 is 1.22 bits per heavy atom. The topological polar surface area (TPSA) is 49.8 Å². The lowest BCUT2D eigenvalue weighted by atomic mass is 10.0. The number of carbonyl (C=O) groups excluding carboxylic acids is 1. The molecule has 0 unspecified atom stereocenters. The number of aliphatic hydroxyl groups is 1. The first-order valence-electron chi connectivity index (χ1n) is 7.84. The van der Waals surface area contributed by atoms with Gasteiger partial charge in [0.1, 0.15) is 5.76 Å². The molecule has 0 saturated carbocycles. The number of allylic oxidation sites excluding steroid dienone is 5. The third-order valence-corrected chi connectivity index (χ3v) is 3.49. The van der Waals surface area contributed by atoms with E-state index in [0.717, 1.165) is 12.8 Å². The van der Waals surface area contributed by atoms with Gasteiger partial charge in [0.25, 0.3) is 0 Å². The standard InChI is InChI=1S/C19H31NO3/c1-14(2)9-8-10-15(3)11-12-16(4)18(21)17(5)13-20(6)19(22)23-7/h9,11,21H,4,8,10,12-13H2,1-3,5-7H3/b15-11+,18-17-. The van der Waals surface area contributed by atoms with Crippen LogP contribution in [0.5, 0.6) is 0 Å². The van der Waals surface area contributed by atoms with Crippen LogP contribution in [0.3, 0.4) is 0 Å². The van der Waals surface area contributed by atoms with E-state index in [1.807, 2.05) is 0 Å². The second-order valence-corrected chi connectivity index (χ2v) is 6.13. The van der Waals surface area contributed by atoms with Gasteiger partial charge in [-0.15, -0.1) is 0 Å². The van der Waals surface area contributed by atoms with Crippen LogP contribution < -0.4 is 0 Å². The highest BCUT2D eigenvalue weighted by molar-refractivity contribution is 5.67. The van der Waals surface area contributed by atoms with Gasteiger partial charge in [-0.1, -0.05) is 29.9 Å². The van der Waals surface area contributed by atoms with Crippen LogP contribution in [-0.4, -0.2) is 36.8 Å². The Bertz CT molecular complexity index is 509. The summed E-state index contributed by atoms with van der Waals surface area (Å²) in [5.74, 6) is 0.161. The Hall–Kier alpha value is -1.97. The van der Waals surface area contributed by atoms with Gasteiger partial charge in [-0.25, -0.2) is 4.79 Å². The van der Waals surface area contributed by atoms with E-state index < -0.39 is 6.09 Å². The molecule has 1 N–H and O–H groups in total. The van der Waals surface area contributed by atoms with Crippen molar-refractivity contribution in [2.75, 3.05) is 20.7 Å². The minimum atomic E-state index is -0.433. The molecule has 0 aliphatic rings. The summed E-state index contributed by atoms with van der Waals surface area (Å²) in [6.07, 6.45) is 6.52. The fourth-order valence-corrected chi connectivity index (χ4v) is 2.04. The number of nitrogens with zero attached hydrogens (tertiary/aromatic N) is 1. The zero-order chi connectivity index (χ0) is 18.0. The first kappa shape index (κ1) is 21.0. The molecule has 23 heavy (non-hydrogen) atoms. The van der Waals surface area contributed by atoms with Crippen molar-refractivity contribution in [3.8, 4) is 0 Å². The molecule has 0 rings (SSSR count). The van der Waals surface area contributed by atoms with Gasteiger partial charge in [-0.05, 0) is 58.1 Å². The van der Waals surface area contributed by atoms with Gasteiger partial charge >= 0.3 is 6.09 Å². The second-order valence-electron chi connectivity index (χ2n) is 6.13. The fraction of sp³-hybridized carbons (Fsp3) is 0.526. The van der Waals surface area contributed by atoms with E-state index in [4.69, 9.17) is 0 Å². The first-order valence-corrected chi connectivity index (χ1v) is 7.84. The van der Waals surface area contributed by atoms with Gasteiger partial charge in [0.2, 0.25) is 0 Å². The second kappa shape index (κ2) is 10.7. The van der Waals surface area contributed by atoms with E-state index in [2.05, 4.69) is 44.2 Å². The minimum Gasteiger partial charge on any atom is -0.508 e. The fourth-order valence-electron chi connectivity index (χ4n) is 2.04. The molecule has 0 aromatic carbocycles. The molecule has 0 aromatic rings. The zero-order valence-electron chi connectivity index (χ0n) is 15.4. The van der Waals surface area contributed by atoms with E-state index in [1.165, 1.54) is 23.2 Å². The molecule has 0 bridgehead atoms. The molecule has 0 radical (unpaired) electrons. The van der Waals surface area contributed by atoms with Crippen molar-refractivity contribution in [3.05, 3.63) is 46.8 Å². The Morgan fingerprint density at radius 3 is 2.35 bits per heavy atom. The average Bonchev–Trinajstić information content (AvgIpc) is 2.50. The summed E-state index contributed by atoms with van der Waals surface area (Å²) in [4.78, 5) is 12.8. The van der Waals surface area contributed by atoms with Crippen molar-refractivity contribution < 1.29 is 14.6 Å². The minimum absolute atomic E-state index is 0.161. The molecule has 0 aliphatic carbocycles. The molecule has 0 spiro atoms. The van der Waals surface area contributed by atoms with Crippen molar-refractivity contribution in [2.45, 2.75) is 47.0 Å². The van der Waals surface area contributed by atoms with Crippen LogP contribution in [-0.2, 0) is 4.74 Å². The summed E-state index contributed by atoms with van der Waals surface area (Å²) in [6, 6.07) is 0. The molecule has 0 aromatic heterocycles. The van der Waals surface area contributed by atoms with Crippen molar-refractivity contribution in [1.82, 2.24) is 4.90 Å². The number of methoxy groups -OCH3 is 1. The molecule has 0 heterocycles. The summed E-state index contributed by atoms with van der Waals surface area (Å²) >= 11 is 0. The summed E-state index contributed by atoms with van der Waals surface area (Å²) in [5, 5.41) is 10.2. The van der Waals surface area contributed by atoms with Crippen LogP contribution in [0.15, 0.2) is 46.8 Å². The quantitative estimate of drug-likeness (QED) is 0.382. The number of hydrogen-bond donors (Lipinski definition) is 1. The third kappa shape index (κ3) is 8.91. The molecule has 130 valence electrons.